The molecule has 3 heteroatoms. The molecule has 0 bridgehead atoms. The van der Waals surface area contributed by atoms with Gasteiger partial charge in [0.05, 0.1) is 0 Å². The Bertz CT molecular complexity index is 824. The van der Waals surface area contributed by atoms with E-state index in [1.807, 2.05) is 18.2 Å². The minimum absolute atomic E-state index is 0.602. The average molecular weight is 332 g/mol. The van der Waals surface area contributed by atoms with Crippen molar-refractivity contribution in [3.05, 3.63) is 72.3 Å². The zero-order valence-corrected chi connectivity index (χ0v) is 14.4. The van der Waals surface area contributed by atoms with Crippen LogP contribution in [0.3, 0.4) is 0 Å². The van der Waals surface area contributed by atoms with Gasteiger partial charge in [-0.05, 0) is 53.6 Å². The van der Waals surface area contributed by atoms with Gasteiger partial charge in [0.25, 0.3) is 0 Å². The molecule has 4 rings (SSSR count). The monoisotopic (exact) mass is 332 g/mol. The highest BCUT2D eigenvalue weighted by Gasteiger charge is 2.10. The molecule has 0 amide bonds. The molecule has 3 nitrogen and oxygen atoms in total. The van der Waals surface area contributed by atoms with Crippen molar-refractivity contribution in [1.82, 2.24) is 5.32 Å². The molecule has 1 aliphatic heterocycles. The maximum Gasteiger partial charge on any atom is 0.120 e. The molecule has 0 unspecified atom stereocenters. The highest BCUT2D eigenvalue weighted by Crippen LogP contribution is 2.26. The Morgan fingerprint density at radius 1 is 0.840 bits per heavy atom. The molecule has 0 radical (unpaired) electrons. The smallest absolute Gasteiger partial charge is 0.120 e. The topological polar surface area (TPSA) is 24.5 Å². The summed E-state index contributed by atoms with van der Waals surface area (Å²) in [7, 11) is 0. The quantitative estimate of drug-likeness (QED) is 0.774. The van der Waals surface area contributed by atoms with Gasteiger partial charge in [-0.15, -0.1) is 0 Å². The van der Waals surface area contributed by atoms with Crippen molar-refractivity contribution in [3.63, 3.8) is 0 Å². The van der Waals surface area contributed by atoms with Gasteiger partial charge in [0.1, 0.15) is 12.4 Å². The maximum atomic E-state index is 5.94. The summed E-state index contributed by atoms with van der Waals surface area (Å²) in [6.45, 7) is 4.97. The van der Waals surface area contributed by atoms with Crippen molar-refractivity contribution >= 4 is 16.5 Å². The van der Waals surface area contributed by atoms with Crippen LogP contribution in [0.4, 0.5) is 5.69 Å². The van der Waals surface area contributed by atoms with Crippen molar-refractivity contribution in [2.24, 2.45) is 0 Å². The minimum Gasteiger partial charge on any atom is -0.489 e. The summed E-state index contributed by atoms with van der Waals surface area (Å²) in [4.78, 5) is 2.47. The molecule has 1 fully saturated rings. The van der Waals surface area contributed by atoms with Crippen molar-refractivity contribution in [2.45, 2.75) is 13.0 Å². The zero-order valence-electron chi connectivity index (χ0n) is 14.4. The fourth-order valence-electron chi connectivity index (χ4n) is 3.34. The van der Waals surface area contributed by atoms with E-state index in [-0.39, 0.29) is 0 Å². The lowest BCUT2D eigenvalue weighted by molar-refractivity contribution is 0.306. The second kappa shape index (κ2) is 7.58. The first-order valence-electron chi connectivity index (χ1n) is 9.05. The molecule has 3 aromatic rings. The molecule has 1 N–H and O–H groups in total. The molecule has 128 valence electrons. The van der Waals surface area contributed by atoms with Crippen LogP contribution < -0.4 is 15.0 Å². The van der Waals surface area contributed by atoms with Crippen molar-refractivity contribution in [1.29, 1.82) is 0 Å². The van der Waals surface area contributed by atoms with Gasteiger partial charge in [-0.2, -0.15) is 0 Å². The van der Waals surface area contributed by atoms with Gasteiger partial charge in [-0.3, -0.25) is 0 Å². The molecule has 0 aliphatic carbocycles. The first-order chi connectivity index (χ1) is 12.4. The Hall–Kier alpha value is -2.52. The van der Waals surface area contributed by atoms with E-state index in [9.17, 15) is 0 Å². The van der Waals surface area contributed by atoms with Crippen LogP contribution in [0.15, 0.2) is 66.7 Å². The Balaban J connectivity index is 1.50. The second-order valence-electron chi connectivity index (χ2n) is 6.56. The third kappa shape index (κ3) is 3.94. The van der Waals surface area contributed by atoms with E-state index in [0.29, 0.717) is 6.61 Å². The normalized spacial score (nSPS) is 15.1. The second-order valence-corrected chi connectivity index (χ2v) is 6.56. The number of rotatable bonds is 4. The van der Waals surface area contributed by atoms with E-state index >= 15 is 0 Å². The van der Waals surface area contributed by atoms with E-state index in [1.54, 1.807) is 0 Å². The minimum atomic E-state index is 0.602. The molecule has 0 spiro atoms. The average Bonchev–Trinajstić information content (AvgIpc) is 2.96. The van der Waals surface area contributed by atoms with Crippen LogP contribution >= 0.6 is 0 Å². The number of hydrogen-bond acceptors (Lipinski definition) is 3. The zero-order chi connectivity index (χ0) is 16.9. The standard InChI is InChI=1S/C22H24N2O/c1-2-5-18(6-3-1)17-25-22-10-8-19-15-21(9-7-20(19)16-22)24-13-4-11-23-12-14-24/h1-3,5-10,15-16,23H,4,11-14,17H2. The molecule has 1 aliphatic rings. The number of fused-ring (bicyclic) bond motifs is 1. The third-order valence-electron chi connectivity index (χ3n) is 4.75. The van der Waals surface area contributed by atoms with Gasteiger partial charge in [0.2, 0.25) is 0 Å². The van der Waals surface area contributed by atoms with Gasteiger partial charge in [0.15, 0.2) is 0 Å². The first-order valence-corrected chi connectivity index (χ1v) is 9.05. The van der Waals surface area contributed by atoms with Crippen molar-refractivity contribution in [3.8, 4) is 5.75 Å². The summed E-state index contributed by atoms with van der Waals surface area (Å²) in [5.41, 5.74) is 2.50. The lowest BCUT2D eigenvalue weighted by Crippen LogP contribution is -2.27. The highest BCUT2D eigenvalue weighted by molar-refractivity contribution is 5.87. The van der Waals surface area contributed by atoms with E-state index in [1.165, 1.54) is 28.4 Å². The van der Waals surface area contributed by atoms with Gasteiger partial charge < -0.3 is 15.0 Å². The van der Waals surface area contributed by atoms with Crippen LogP contribution in [0.25, 0.3) is 10.8 Å². The Labute approximate surface area is 149 Å². The molecule has 0 atom stereocenters. The Kier molecular flexibility index (Phi) is 4.84. The van der Waals surface area contributed by atoms with E-state index in [2.05, 4.69) is 58.7 Å². The molecule has 1 heterocycles. The van der Waals surface area contributed by atoms with E-state index in [0.717, 1.165) is 31.9 Å². The van der Waals surface area contributed by atoms with Crippen molar-refractivity contribution in [2.75, 3.05) is 31.1 Å². The Morgan fingerprint density at radius 3 is 2.60 bits per heavy atom. The number of hydrogen-bond donors (Lipinski definition) is 1. The number of nitrogens with one attached hydrogen (secondary N) is 1. The van der Waals surface area contributed by atoms with E-state index < -0.39 is 0 Å². The number of anilines is 1. The third-order valence-corrected chi connectivity index (χ3v) is 4.75. The molecular weight excluding hydrogens is 308 g/mol. The number of benzene rings is 3. The predicted octanol–water partition coefficient (Wildman–Crippen LogP) is 4.22. The summed E-state index contributed by atoms with van der Waals surface area (Å²) in [5, 5.41) is 5.95. The molecule has 1 saturated heterocycles. The maximum absolute atomic E-state index is 5.94. The summed E-state index contributed by atoms with van der Waals surface area (Å²) in [5.74, 6) is 0.920. The number of nitrogens with zero attached hydrogens (tertiary/aromatic N) is 1. The largest absolute Gasteiger partial charge is 0.489 e. The van der Waals surface area contributed by atoms with Gasteiger partial charge in [0, 0.05) is 25.3 Å². The van der Waals surface area contributed by atoms with Crippen LogP contribution in [0.1, 0.15) is 12.0 Å². The SMILES string of the molecule is c1ccc(COc2ccc3cc(N4CCCNCC4)ccc3c2)cc1. The van der Waals surface area contributed by atoms with Gasteiger partial charge >= 0.3 is 0 Å². The molecule has 0 aromatic heterocycles. The Morgan fingerprint density at radius 2 is 1.68 bits per heavy atom. The number of ether oxygens (including phenoxy) is 1. The van der Waals surface area contributed by atoms with Crippen LogP contribution in [-0.2, 0) is 6.61 Å². The summed E-state index contributed by atoms with van der Waals surface area (Å²) >= 11 is 0. The van der Waals surface area contributed by atoms with Crippen LogP contribution in [0.5, 0.6) is 5.75 Å². The fourth-order valence-corrected chi connectivity index (χ4v) is 3.34. The predicted molar refractivity (Wildman–Crippen MR) is 104 cm³/mol. The van der Waals surface area contributed by atoms with Gasteiger partial charge in [-0.1, -0.05) is 42.5 Å². The molecule has 0 saturated carbocycles. The molecule has 3 aromatic carbocycles. The van der Waals surface area contributed by atoms with Crippen LogP contribution in [-0.4, -0.2) is 26.2 Å². The first kappa shape index (κ1) is 16.0. The lowest BCUT2D eigenvalue weighted by atomic mass is 10.1. The van der Waals surface area contributed by atoms with Crippen LogP contribution in [0.2, 0.25) is 0 Å². The highest BCUT2D eigenvalue weighted by atomic mass is 16.5. The fraction of sp³-hybridized carbons (Fsp3) is 0.273. The lowest BCUT2D eigenvalue weighted by Gasteiger charge is -2.22. The molecule has 25 heavy (non-hydrogen) atoms. The summed E-state index contributed by atoms with van der Waals surface area (Å²) < 4.78 is 5.94. The molecular formula is C22H24N2O. The summed E-state index contributed by atoms with van der Waals surface area (Å²) in [6.07, 6.45) is 1.20. The van der Waals surface area contributed by atoms with Crippen LogP contribution in [0, 0.1) is 0 Å². The van der Waals surface area contributed by atoms with Crippen molar-refractivity contribution < 1.29 is 4.74 Å². The van der Waals surface area contributed by atoms with Gasteiger partial charge in [-0.25, -0.2) is 0 Å². The van der Waals surface area contributed by atoms with E-state index in [4.69, 9.17) is 4.74 Å². The summed E-state index contributed by atoms with van der Waals surface area (Å²) in [6, 6.07) is 23.4.